The van der Waals surface area contributed by atoms with Gasteiger partial charge >= 0.3 is 0 Å². The van der Waals surface area contributed by atoms with Crippen molar-refractivity contribution in [3.8, 4) is 0 Å². The lowest BCUT2D eigenvalue weighted by atomic mass is 10.1. The number of amides is 1. The van der Waals surface area contributed by atoms with Crippen LogP contribution in [0.3, 0.4) is 0 Å². The van der Waals surface area contributed by atoms with Gasteiger partial charge in [0, 0.05) is 35.3 Å². The van der Waals surface area contributed by atoms with E-state index in [0.29, 0.717) is 13.1 Å². The summed E-state index contributed by atoms with van der Waals surface area (Å²) in [6.07, 6.45) is 7.81. The van der Waals surface area contributed by atoms with Gasteiger partial charge in [-0.05, 0) is 44.4 Å². The first-order chi connectivity index (χ1) is 15.0. The Morgan fingerprint density at radius 2 is 2.03 bits per heavy atom. The molecule has 3 aromatic rings. The van der Waals surface area contributed by atoms with Crippen LogP contribution in [-0.4, -0.2) is 30.5 Å². The first-order valence-electron chi connectivity index (χ1n) is 10.7. The molecule has 0 aliphatic carbocycles. The highest BCUT2D eigenvalue weighted by atomic mass is 35.5. The van der Waals surface area contributed by atoms with Gasteiger partial charge in [0.25, 0.3) is 0 Å². The lowest BCUT2D eigenvalue weighted by Gasteiger charge is -2.07. The molecule has 8 heteroatoms. The summed E-state index contributed by atoms with van der Waals surface area (Å²) in [5.74, 6) is 1.68. The topological polar surface area (TPSA) is 77.6 Å². The highest BCUT2D eigenvalue weighted by molar-refractivity contribution is 6.31. The number of benzene rings is 1. The highest BCUT2D eigenvalue weighted by Gasteiger charge is 2.15. The van der Waals surface area contributed by atoms with Crippen LogP contribution in [0.4, 0.5) is 0 Å². The molecule has 1 aliphatic heterocycles. The first kappa shape index (κ1) is 21.3. The normalized spacial score (nSPS) is 13.9. The predicted molar refractivity (Wildman–Crippen MR) is 121 cm³/mol. The van der Waals surface area contributed by atoms with E-state index in [2.05, 4.69) is 25.2 Å². The zero-order valence-electron chi connectivity index (χ0n) is 17.9. The van der Waals surface area contributed by atoms with Crippen molar-refractivity contribution in [3.63, 3.8) is 0 Å². The molecular formula is C23H27ClN6O. The Bertz CT molecular complexity index is 1110. The third kappa shape index (κ3) is 4.88. The zero-order valence-corrected chi connectivity index (χ0v) is 18.7. The second-order valence-corrected chi connectivity index (χ2v) is 8.29. The smallest absolute Gasteiger partial charge is 0.244 e. The van der Waals surface area contributed by atoms with E-state index in [0.717, 1.165) is 65.0 Å². The minimum Gasteiger partial charge on any atom is -0.345 e. The van der Waals surface area contributed by atoms with Crippen molar-refractivity contribution in [2.24, 2.45) is 0 Å². The molecule has 0 atom stereocenters. The number of nitrogens with one attached hydrogen (secondary N) is 1. The molecule has 4 rings (SSSR count). The molecule has 162 valence electrons. The van der Waals surface area contributed by atoms with Gasteiger partial charge in [0.1, 0.15) is 5.82 Å². The van der Waals surface area contributed by atoms with E-state index in [4.69, 9.17) is 11.6 Å². The van der Waals surface area contributed by atoms with Gasteiger partial charge in [-0.2, -0.15) is 5.10 Å². The lowest BCUT2D eigenvalue weighted by molar-refractivity contribution is -0.116. The molecule has 0 unspecified atom stereocenters. The second-order valence-electron chi connectivity index (χ2n) is 7.88. The van der Waals surface area contributed by atoms with Crippen LogP contribution in [0.1, 0.15) is 53.4 Å². The van der Waals surface area contributed by atoms with E-state index in [1.54, 1.807) is 6.08 Å². The number of hydrogen-bond acceptors (Lipinski definition) is 4. The van der Waals surface area contributed by atoms with Crippen LogP contribution in [0.2, 0.25) is 5.02 Å². The Balaban J connectivity index is 1.40. The van der Waals surface area contributed by atoms with Crippen molar-refractivity contribution in [2.45, 2.75) is 59.2 Å². The van der Waals surface area contributed by atoms with Crippen LogP contribution < -0.4 is 5.32 Å². The molecule has 0 spiro atoms. The van der Waals surface area contributed by atoms with Crippen molar-refractivity contribution < 1.29 is 4.79 Å². The first-order valence-corrected chi connectivity index (χ1v) is 11.0. The number of hydrogen-bond donors (Lipinski definition) is 1. The van der Waals surface area contributed by atoms with E-state index < -0.39 is 0 Å². The molecule has 1 aliphatic rings. The number of aryl methyl sites for hydroxylation is 2. The molecule has 1 aromatic carbocycles. The van der Waals surface area contributed by atoms with E-state index in [9.17, 15) is 4.79 Å². The van der Waals surface area contributed by atoms with Gasteiger partial charge in [-0.3, -0.25) is 9.48 Å². The van der Waals surface area contributed by atoms with Crippen LogP contribution in [-0.2, 0) is 30.8 Å². The second kappa shape index (κ2) is 9.47. The monoisotopic (exact) mass is 438 g/mol. The molecule has 0 fully saturated rings. The molecule has 0 bridgehead atoms. The Hall–Kier alpha value is -2.93. The maximum atomic E-state index is 12.4. The largest absolute Gasteiger partial charge is 0.345 e. The third-order valence-electron chi connectivity index (χ3n) is 5.72. The van der Waals surface area contributed by atoms with Crippen molar-refractivity contribution in [1.82, 2.24) is 29.9 Å². The number of carbonyl (C=O) groups excluding carboxylic acids is 1. The summed E-state index contributed by atoms with van der Waals surface area (Å²) in [5.41, 5.74) is 3.81. The fourth-order valence-electron chi connectivity index (χ4n) is 3.95. The van der Waals surface area contributed by atoms with Gasteiger partial charge < -0.3 is 9.88 Å². The van der Waals surface area contributed by atoms with Gasteiger partial charge in [-0.15, -0.1) is 10.2 Å². The van der Waals surface area contributed by atoms with E-state index in [1.165, 1.54) is 6.42 Å². The van der Waals surface area contributed by atoms with Crippen LogP contribution in [0.5, 0.6) is 0 Å². The third-order valence-corrected chi connectivity index (χ3v) is 6.09. The van der Waals surface area contributed by atoms with Crippen molar-refractivity contribution >= 4 is 23.6 Å². The number of halogens is 1. The number of fused-ring (bicyclic) bond motifs is 1. The van der Waals surface area contributed by atoms with Gasteiger partial charge in [-0.25, -0.2) is 0 Å². The molecule has 0 radical (unpaired) electrons. The Labute approximate surface area is 187 Å². The predicted octanol–water partition coefficient (Wildman–Crippen LogP) is 3.85. The highest BCUT2D eigenvalue weighted by Crippen LogP contribution is 2.20. The van der Waals surface area contributed by atoms with E-state index >= 15 is 0 Å². The van der Waals surface area contributed by atoms with Crippen molar-refractivity contribution in [2.75, 3.05) is 0 Å². The summed E-state index contributed by atoms with van der Waals surface area (Å²) in [4.78, 5) is 12.4. The summed E-state index contributed by atoms with van der Waals surface area (Å²) in [6.45, 7) is 5.83. The average Bonchev–Trinajstić information content (AvgIpc) is 3.15. The molecule has 0 saturated heterocycles. The van der Waals surface area contributed by atoms with Gasteiger partial charge in [-0.1, -0.05) is 36.2 Å². The number of rotatable bonds is 6. The summed E-state index contributed by atoms with van der Waals surface area (Å²) in [5, 5.41) is 16.8. The standard InChI is InChI=1S/C23H27ClN6O/c1-16-19(17(2)30(28-16)15-18-8-5-6-9-20(18)24)11-12-23(31)25-14-22-27-26-21-10-4-3-7-13-29(21)22/h5-6,8-9,11-12H,3-4,7,10,13-15H2,1-2H3,(H,25,31)/b12-11+. The maximum absolute atomic E-state index is 12.4. The molecule has 31 heavy (non-hydrogen) atoms. The van der Waals surface area contributed by atoms with Crippen LogP contribution in [0, 0.1) is 13.8 Å². The molecule has 2 aromatic heterocycles. The summed E-state index contributed by atoms with van der Waals surface area (Å²) < 4.78 is 4.06. The minimum absolute atomic E-state index is 0.163. The maximum Gasteiger partial charge on any atom is 0.244 e. The fourth-order valence-corrected chi connectivity index (χ4v) is 4.15. The fraction of sp³-hybridized carbons (Fsp3) is 0.391. The zero-order chi connectivity index (χ0) is 21.8. The Kier molecular flexibility index (Phi) is 6.51. The van der Waals surface area contributed by atoms with Gasteiger partial charge in [0.05, 0.1) is 18.8 Å². The molecular weight excluding hydrogens is 412 g/mol. The summed E-state index contributed by atoms with van der Waals surface area (Å²) in [7, 11) is 0. The summed E-state index contributed by atoms with van der Waals surface area (Å²) >= 11 is 6.29. The number of carbonyl (C=O) groups is 1. The molecule has 7 nitrogen and oxygen atoms in total. The van der Waals surface area contributed by atoms with Crippen molar-refractivity contribution in [1.29, 1.82) is 0 Å². The SMILES string of the molecule is Cc1nn(Cc2ccccc2Cl)c(C)c1/C=C/C(=O)NCc1nnc2n1CCCCC2. The Morgan fingerprint density at radius 3 is 2.87 bits per heavy atom. The summed E-state index contributed by atoms with van der Waals surface area (Å²) in [6, 6.07) is 7.75. The van der Waals surface area contributed by atoms with Crippen LogP contribution >= 0.6 is 11.6 Å². The lowest BCUT2D eigenvalue weighted by Crippen LogP contribution is -2.23. The average molecular weight is 439 g/mol. The van der Waals surface area contributed by atoms with Crippen LogP contribution in [0.25, 0.3) is 6.08 Å². The molecule has 3 heterocycles. The quantitative estimate of drug-likeness (QED) is 0.593. The number of nitrogens with zero attached hydrogens (tertiary/aromatic N) is 5. The van der Waals surface area contributed by atoms with Gasteiger partial charge in [0.15, 0.2) is 5.82 Å². The van der Waals surface area contributed by atoms with Crippen molar-refractivity contribution in [3.05, 3.63) is 69.5 Å². The Morgan fingerprint density at radius 1 is 1.19 bits per heavy atom. The van der Waals surface area contributed by atoms with E-state index in [1.807, 2.05) is 48.9 Å². The molecule has 0 saturated carbocycles. The minimum atomic E-state index is -0.163. The van der Waals surface area contributed by atoms with Crippen LogP contribution in [0.15, 0.2) is 30.3 Å². The molecule has 1 N–H and O–H groups in total. The number of aromatic nitrogens is 5. The molecule has 1 amide bonds. The van der Waals surface area contributed by atoms with Gasteiger partial charge in [0.2, 0.25) is 5.91 Å². The van der Waals surface area contributed by atoms with E-state index in [-0.39, 0.29) is 5.91 Å².